The number of imidazole rings is 1. The van der Waals surface area contributed by atoms with Gasteiger partial charge in [-0.25, -0.2) is 9.67 Å². The van der Waals surface area contributed by atoms with E-state index in [1.165, 1.54) is 0 Å². The highest BCUT2D eigenvalue weighted by molar-refractivity contribution is 5.84. The van der Waals surface area contributed by atoms with E-state index in [1.54, 1.807) is 18.5 Å². The maximum atomic E-state index is 10.3. The van der Waals surface area contributed by atoms with Crippen LogP contribution in [0.5, 0.6) is 0 Å². The molecule has 1 saturated heterocycles. The number of nitrogens with zero attached hydrogens (tertiary/aromatic N) is 7. The molecule has 0 spiro atoms. The average molecular weight is 490 g/mol. The molecule has 3 aromatic heterocycles. The smallest absolute Gasteiger partial charge is 0.229 e. The minimum absolute atomic E-state index is 0.228. The molecule has 0 atom stereocenters. The molecule has 4 aromatic rings. The Balaban J connectivity index is 1.47. The summed E-state index contributed by atoms with van der Waals surface area (Å²) < 4.78 is 3.88. The van der Waals surface area contributed by atoms with E-state index in [1.807, 2.05) is 36.8 Å². The van der Waals surface area contributed by atoms with E-state index >= 15 is 0 Å². The number of aliphatic hydroxyl groups is 1. The molecule has 4 heterocycles. The lowest BCUT2D eigenvalue weighted by molar-refractivity contribution is 0.0734. The first-order chi connectivity index (χ1) is 17.2. The van der Waals surface area contributed by atoms with Crippen molar-refractivity contribution in [2.75, 3.05) is 23.3 Å². The van der Waals surface area contributed by atoms with Gasteiger partial charge >= 0.3 is 0 Å². The molecule has 0 unspecified atom stereocenters. The third-order valence-electron chi connectivity index (χ3n) is 6.69. The Morgan fingerprint density at radius 1 is 1.14 bits per heavy atom. The second-order valence-corrected chi connectivity index (χ2v) is 10.3. The van der Waals surface area contributed by atoms with Crippen LogP contribution in [0.15, 0.2) is 42.9 Å². The topological polar surface area (TPSA) is 123 Å². The van der Waals surface area contributed by atoms with Gasteiger partial charge in [0.15, 0.2) is 17.0 Å². The SMILES string of the molecule is CC(C)n1cnc2c(NCc3ccccc3-n3ccc(C(C)(C)O)n3)nc(N3CCC(N)CC3)nc21. The molecular weight excluding hydrogens is 454 g/mol. The Bertz CT molecular complexity index is 1340. The highest BCUT2D eigenvalue weighted by Gasteiger charge is 2.23. The van der Waals surface area contributed by atoms with Crippen LogP contribution in [0.4, 0.5) is 11.8 Å². The number of rotatable bonds is 7. The number of nitrogens with two attached hydrogens (primary N) is 1. The molecule has 5 rings (SSSR count). The number of fused-ring (bicyclic) bond motifs is 1. The fourth-order valence-electron chi connectivity index (χ4n) is 4.49. The maximum Gasteiger partial charge on any atom is 0.229 e. The normalized spacial score (nSPS) is 15.2. The number of para-hydroxylation sites is 1. The Labute approximate surface area is 211 Å². The van der Waals surface area contributed by atoms with Gasteiger partial charge in [0.25, 0.3) is 0 Å². The molecule has 10 heteroatoms. The number of hydrogen-bond acceptors (Lipinski definition) is 8. The van der Waals surface area contributed by atoms with Crippen LogP contribution in [0, 0.1) is 0 Å². The summed E-state index contributed by atoms with van der Waals surface area (Å²) in [5, 5.41) is 18.5. The van der Waals surface area contributed by atoms with Gasteiger partial charge in [0.1, 0.15) is 5.60 Å². The zero-order chi connectivity index (χ0) is 25.4. The van der Waals surface area contributed by atoms with Gasteiger partial charge in [0.05, 0.1) is 17.7 Å². The van der Waals surface area contributed by atoms with Crippen LogP contribution >= 0.6 is 0 Å². The Morgan fingerprint density at radius 2 is 1.89 bits per heavy atom. The van der Waals surface area contributed by atoms with E-state index in [9.17, 15) is 5.11 Å². The van der Waals surface area contributed by atoms with E-state index in [4.69, 9.17) is 15.7 Å². The van der Waals surface area contributed by atoms with E-state index in [0.29, 0.717) is 24.0 Å². The molecule has 190 valence electrons. The molecule has 0 radical (unpaired) electrons. The Morgan fingerprint density at radius 3 is 2.58 bits per heavy atom. The lowest BCUT2D eigenvalue weighted by atomic mass is 10.1. The minimum atomic E-state index is -1.00. The summed E-state index contributed by atoms with van der Waals surface area (Å²) >= 11 is 0. The summed E-state index contributed by atoms with van der Waals surface area (Å²) in [7, 11) is 0. The molecule has 36 heavy (non-hydrogen) atoms. The fraction of sp³-hybridized carbons (Fsp3) is 0.462. The predicted molar refractivity (Wildman–Crippen MR) is 141 cm³/mol. The van der Waals surface area contributed by atoms with E-state index in [0.717, 1.165) is 48.3 Å². The number of benzene rings is 1. The molecule has 10 nitrogen and oxygen atoms in total. The fourth-order valence-corrected chi connectivity index (χ4v) is 4.49. The van der Waals surface area contributed by atoms with Crippen LogP contribution in [0.25, 0.3) is 16.9 Å². The first-order valence-corrected chi connectivity index (χ1v) is 12.6. The minimum Gasteiger partial charge on any atom is -0.384 e. The number of hydrogen-bond donors (Lipinski definition) is 3. The summed E-state index contributed by atoms with van der Waals surface area (Å²) in [5.41, 5.74) is 9.29. The van der Waals surface area contributed by atoms with Crippen molar-refractivity contribution in [2.24, 2.45) is 5.73 Å². The van der Waals surface area contributed by atoms with Gasteiger partial charge in [0.2, 0.25) is 5.95 Å². The van der Waals surface area contributed by atoms with Gasteiger partial charge in [0, 0.05) is 37.9 Å². The molecular formula is C26H35N9O. The summed E-state index contributed by atoms with van der Waals surface area (Å²) in [5.74, 6) is 1.41. The first kappa shape index (κ1) is 24.2. The Kier molecular flexibility index (Phi) is 6.40. The van der Waals surface area contributed by atoms with Gasteiger partial charge in [-0.2, -0.15) is 15.1 Å². The monoisotopic (exact) mass is 489 g/mol. The van der Waals surface area contributed by atoms with E-state index < -0.39 is 5.60 Å². The predicted octanol–water partition coefficient (Wildman–Crippen LogP) is 3.36. The standard InChI is InChI=1S/C26H35N9O/c1-17(2)34-16-29-22-23(30-25(31-24(22)34)33-12-9-19(27)10-13-33)28-15-18-7-5-6-8-20(18)35-14-11-21(32-35)26(3,4)36/h5-8,11,14,16-17,19,36H,9-10,12-13,15,27H2,1-4H3,(H,28,30,31). The molecule has 1 aliphatic heterocycles. The lowest BCUT2D eigenvalue weighted by Crippen LogP contribution is -2.40. The van der Waals surface area contributed by atoms with Crippen LogP contribution in [-0.2, 0) is 12.1 Å². The molecule has 1 aromatic carbocycles. The third-order valence-corrected chi connectivity index (χ3v) is 6.69. The summed E-state index contributed by atoms with van der Waals surface area (Å²) in [6, 6.07) is 10.4. The highest BCUT2D eigenvalue weighted by Crippen LogP contribution is 2.27. The highest BCUT2D eigenvalue weighted by atomic mass is 16.3. The molecule has 0 aliphatic carbocycles. The van der Waals surface area contributed by atoms with E-state index in [2.05, 4.69) is 44.8 Å². The van der Waals surface area contributed by atoms with Crippen molar-refractivity contribution in [3.8, 4) is 5.69 Å². The summed E-state index contributed by atoms with van der Waals surface area (Å²) in [6.07, 6.45) is 5.56. The van der Waals surface area contributed by atoms with Crippen LogP contribution < -0.4 is 16.0 Å². The molecule has 1 fully saturated rings. The maximum absolute atomic E-state index is 10.3. The van der Waals surface area contributed by atoms with Crippen LogP contribution in [0.3, 0.4) is 0 Å². The zero-order valence-corrected chi connectivity index (χ0v) is 21.4. The number of piperidine rings is 1. The van der Waals surface area contributed by atoms with Crippen molar-refractivity contribution >= 4 is 22.9 Å². The summed E-state index contributed by atoms with van der Waals surface area (Å²) in [4.78, 5) is 16.7. The van der Waals surface area contributed by atoms with Crippen molar-refractivity contribution < 1.29 is 5.11 Å². The van der Waals surface area contributed by atoms with Crippen LogP contribution in [0.2, 0.25) is 0 Å². The van der Waals surface area contributed by atoms with Gasteiger partial charge < -0.3 is 25.6 Å². The average Bonchev–Trinajstić information content (AvgIpc) is 3.51. The van der Waals surface area contributed by atoms with Crippen molar-refractivity contribution in [3.05, 3.63) is 54.1 Å². The van der Waals surface area contributed by atoms with Crippen LogP contribution in [-0.4, -0.2) is 53.5 Å². The molecule has 0 amide bonds. The van der Waals surface area contributed by atoms with Gasteiger partial charge in [-0.15, -0.1) is 0 Å². The van der Waals surface area contributed by atoms with Crippen molar-refractivity contribution in [3.63, 3.8) is 0 Å². The van der Waals surface area contributed by atoms with Crippen molar-refractivity contribution in [1.82, 2.24) is 29.3 Å². The molecule has 4 N–H and O–H groups in total. The van der Waals surface area contributed by atoms with Crippen molar-refractivity contribution in [2.45, 2.75) is 64.8 Å². The van der Waals surface area contributed by atoms with Gasteiger partial charge in [-0.3, -0.25) is 0 Å². The van der Waals surface area contributed by atoms with Gasteiger partial charge in [-0.05, 0) is 58.2 Å². The Hall–Kier alpha value is -3.50. The number of aromatic nitrogens is 6. The number of anilines is 2. The zero-order valence-electron chi connectivity index (χ0n) is 21.4. The van der Waals surface area contributed by atoms with Gasteiger partial charge in [-0.1, -0.05) is 18.2 Å². The second kappa shape index (κ2) is 9.51. The number of nitrogens with one attached hydrogen (secondary N) is 1. The first-order valence-electron chi connectivity index (χ1n) is 12.6. The third kappa shape index (κ3) is 4.78. The largest absolute Gasteiger partial charge is 0.384 e. The quantitative estimate of drug-likeness (QED) is 0.361. The second-order valence-electron chi connectivity index (χ2n) is 10.3. The molecule has 0 bridgehead atoms. The van der Waals surface area contributed by atoms with Crippen LogP contribution in [0.1, 0.15) is 57.8 Å². The summed E-state index contributed by atoms with van der Waals surface area (Å²) in [6.45, 7) is 9.92. The van der Waals surface area contributed by atoms with E-state index in [-0.39, 0.29) is 12.1 Å². The van der Waals surface area contributed by atoms with Crippen molar-refractivity contribution in [1.29, 1.82) is 0 Å². The molecule has 0 saturated carbocycles. The lowest BCUT2D eigenvalue weighted by Gasteiger charge is -2.30. The molecule has 1 aliphatic rings.